The van der Waals surface area contributed by atoms with Crippen molar-refractivity contribution >= 4 is 5.96 Å². The van der Waals surface area contributed by atoms with Crippen LogP contribution in [0.1, 0.15) is 18.4 Å². The molecule has 1 saturated heterocycles. The van der Waals surface area contributed by atoms with Gasteiger partial charge in [0.2, 0.25) is 0 Å². The summed E-state index contributed by atoms with van der Waals surface area (Å²) < 4.78 is 40.5. The average molecular weight is 385 g/mol. The largest absolute Gasteiger partial charge is 0.488 e. The van der Waals surface area contributed by atoms with E-state index in [9.17, 15) is 8.78 Å². The van der Waals surface area contributed by atoms with Crippen LogP contribution in [0.3, 0.4) is 0 Å². The predicted molar refractivity (Wildman–Crippen MR) is 101 cm³/mol. The third kappa shape index (κ3) is 9.01. The van der Waals surface area contributed by atoms with E-state index in [1.807, 2.05) is 6.07 Å². The molecule has 27 heavy (non-hydrogen) atoms. The molecule has 1 aromatic rings. The van der Waals surface area contributed by atoms with Crippen LogP contribution in [-0.4, -0.2) is 59.0 Å². The second-order valence-corrected chi connectivity index (χ2v) is 6.36. The molecule has 1 aromatic carbocycles. The van der Waals surface area contributed by atoms with Crippen LogP contribution in [0.15, 0.2) is 29.3 Å². The van der Waals surface area contributed by atoms with E-state index in [2.05, 4.69) is 15.6 Å². The molecular weight excluding hydrogens is 356 g/mol. The lowest BCUT2D eigenvalue weighted by molar-refractivity contribution is 0.0818. The molecule has 152 valence electrons. The van der Waals surface area contributed by atoms with Crippen molar-refractivity contribution in [1.29, 1.82) is 0 Å². The minimum Gasteiger partial charge on any atom is -0.488 e. The summed E-state index contributed by atoms with van der Waals surface area (Å²) in [6.45, 7) is 3.78. The van der Waals surface area contributed by atoms with E-state index in [4.69, 9.17) is 14.2 Å². The van der Waals surface area contributed by atoms with E-state index < -0.39 is 13.0 Å². The Balaban J connectivity index is 1.60. The number of benzene rings is 1. The normalized spacial score (nSPS) is 17.3. The third-order valence-electron chi connectivity index (χ3n) is 4.09. The van der Waals surface area contributed by atoms with Crippen LogP contribution >= 0.6 is 0 Å². The molecule has 1 fully saturated rings. The highest BCUT2D eigenvalue weighted by atomic mass is 19.3. The first-order valence-electron chi connectivity index (χ1n) is 9.27. The second-order valence-electron chi connectivity index (χ2n) is 6.36. The number of rotatable bonds is 11. The Labute approximate surface area is 159 Å². The fraction of sp³-hybridized carbons (Fsp3) is 0.632. The number of hydrogen-bond donors (Lipinski definition) is 2. The Kier molecular flexibility index (Phi) is 9.86. The number of nitrogens with one attached hydrogen (secondary N) is 2. The van der Waals surface area contributed by atoms with Crippen molar-refractivity contribution in [3.8, 4) is 5.75 Å². The van der Waals surface area contributed by atoms with E-state index in [1.165, 1.54) is 0 Å². The molecule has 8 heteroatoms. The monoisotopic (exact) mass is 385 g/mol. The predicted octanol–water partition coefficient (Wildman–Crippen LogP) is 2.44. The number of alkyl halides is 2. The number of nitrogens with zero attached hydrogens (tertiary/aromatic N) is 1. The molecule has 0 saturated carbocycles. The molecule has 0 radical (unpaired) electrons. The summed E-state index contributed by atoms with van der Waals surface area (Å²) in [5.74, 6) is 1.65. The molecule has 6 nitrogen and oxygen atoms in total. The highest BCUT2D eigenvalue weighted by Crippen LogP contribution is 2.14. The maximum absolute atomic E-state index is 12.2. The number of halogens is 2. The van der Waals surface area contributed by atoms with E-state index >= 15 is 0 Å². The molecule has 2 N–H and O–H groups in total. The van der Waals surface area contributed by atoms with Gasteiger partial charge in [-0.2, -0.15) is 0 Å². The number of hydrogen-bond acceptors (Lipinski definition) is 4. The van der Waals surface area contributed by atoms with Crippen molar-refractivity contribution in [3.05, 3.63) is 29.8 Å². The molecule has 0 aliphatic carbocycles. The molecule has 2 rings (SSSR count). The van der Waals surface area contributed by atoms with Gasteiger partial charge in [-0.05, 0) is 30.5 Å². The van der Waals surface area contributed by atoms with Crippen LogP contribution in [0.2, 0.25) is 0 Å². The summed E-state index contributed by atoms with van der Waals surface area (Å²) in [4.78, 5) is 4.17. The molecule has 1 heterocycles. The summed E-state index contributed by atoms with van der Waals surface area (Å²) in [5, 5.41) is 6.42. The first-order valence-corrected chi connectivity index (χ1v) is 9.27. The van der Waals surface area contributed by atoms with Crippen LogP contribution in [0.4, 0.5) is 8.78 Å². The molecule has 0 aromatic heterocycles. The standard InChI is InChI=1S/C19H29F2N3O3/c1-22-19(23-7-3-8-25-12-16-6-9-26-13-16)24-11-15-4-2-5-17(10-15)27-14-18(20)21/h2,4-5,10,16,18H,3,6-9,11-14H2,1H3,(H2,22,23,24). The van der Waals surface area contributed by atoms with Gasteiger partial charge >= 0.3 is 0 Å². The fourth-order valence-electron chi connectivity index (χ4n) is 2.66. The molecule has 0 spiro atoms. The summed E-state index contributed by atoms with van der Waals surface area (Å²) in [6.07, 6.45) is -0.515. The minimum absolute atomic E-state index is 0.433. The molecule has 1 aliphatic rings. The van der Waals surface area contributed by atoms with Crippen molar-refractivity contribution in [2.75, 3.05) is 46.6 Å². The molecule has 0 amide bonds. The van der Waals surface area contributed by atoms with Crippen LogP contribution in [0.5, 0.6) is 5.75 Å². The molecule has 1 unspecified atom stereocenters. The zero-order valence-electron chi connectivity index (χ0n) is 15.8. The number of aliphatic imine (C=N–C) groups is 1. The highest BCUT2D eigenvalue weighted by molar-refractivity contribution is 5.79. The van der Waals surface area contributed by atoms with Crippen LogP contribution < -0.4 is 15.4 Å². The Morgan fingerprint density at radius 3 is 3.00 bits per heavy atom. The third-order valence-corrected chi connectivity index (χ3v) is 4.09. The minimum atomic E-state index is -2.48. The van der Waals surface area contributed by atoms with Gasteiger partial charge in [0.1, 0.15) is 12.4 Å². The summed E-state index contributed by atoms with van der Waals surface area (Å²) in [5.41, 5.74) is 0.923. The molecular formula is C19H29F2N3O3. The summed E-state index contributed by atoms with van der Waals surface area (Å²) in [6, 6.07) is 7.08. The van der Waals surface area contributed by atoms with Gasteiger partial charge in [0.25, 0.3) is 6.43 Å². The van der Waals surface area contributed by atoms with Gasteiger partial charge in [-0.25, -0.2) is 8.78 Å². The zero-order valence-corrected chi connectivity index (χ0v) is 15.8. The second kappa shape index (κ2) is 12.5. The topological polar surface area (TPSA) is 64.1 Å². The lowest BCUT2D eigenvalue weighted by atomic mass is 10.1. The van der Waals surface area contributed by atoms with Crippen LogP contribution in [-0.2, 0) is 16.0 Å². The van der Waals surface area contributed by atoms with Gasteiger partial charge in [0, 0.05) is 39.3 Å². The first-order chi connectivity index (χ1) is 13.2. The van der Waals surface area contributed by atoms with E-state index in [-0.39, 0.29) is 0 Å². The van der Waals surface area contributed by atoms with Gasteiger partial charge in [0.05, 0.1) is 13.2 Å². The Morgan fingerprint density at radius 2 is 2.26 bits per heavy atom. The molecule has 1 atom stereocenters. The molecule has 1 aliphatic heterocycles. The van der Waals surface area contributed by atoms with E-state index in [0.29, 0.717) is 30.8 Å². The average Bonchev–Trinajstić information content (AvgIpc) is 3.19. The van der Waals surface area contributed by atoms with Gasteiger partial charge in [0.15, 0.2) is 5.96 Å². The lowest BCUT2D eigenvalue weighted by Crippen LogP contribution is -2.37. The maximum atomic E-state index is 12.2. The zero-order chi connectivity index (χ0) is 19.3. The van der Waals surface area contributed by atoms with E-state index in [0.717, 1.165) is 44.8 Å². The van der Waals surface area contributed by atoms with Crippen LogP contribution in [0, 0.1) is 5.92 Å². The first kappa shape index (κ1) is 21.4. The fourth-order valence-corrected chi connectivity index (χ4v) is 2.66. The quantitative estimate of drug-likeness (QED) is 0.348. The van der Waals surface area contributed by atoms with Gasteiger partial charge in [-0.1, -0.05) is 12.1 Å². The van der Waals surface area contributed by atoms with Gasteiger partial charge in [-0.3, -0.25) is 4.99 Å². The van der Waals surface area contributed by atoms with Crippen molar-refractivity contribution in [3.63, 3.8) is 0 Å². The number of guanidine groups is 1. The van der Waals surface area contributed by atoms with Crippen molar-refractivity contribution in [2.24, 2.45) is 10.9 Å². The maximum Gasteiger partial charge on any atom is 0.272 e. The number of ether oxygens (including phenoxy) is 3. The van der Waals surface area contributed by atoms with Crippen molar-refractivity contribution in [1.82, 2.24) is 10.6 Å². The van der Waals surface area contributed by atoms with Gasteiger partial charge < -0.3 is 24.8 Å². The summed E-state index contributed by atoms with van der Waals surface area (Å²) >= 11 is 0. The molecule has 0 bridgehead atoms. The lowest BCUT2D eigenvalue weighted by Gasteiger charge is -2.13. The van der Waals surface area contributed by atoms with E-state index in [1.54, 1.807) is 25.2 Å². The highest BCUT2D eigenvalue weighted by Gasteiger charge is 2.15. The van der Waals surface area contributed by atoms with Crippen molar-refractivity contribution in [2.45, 2.75) is 25.8 Å². The smallest absolute Gasteiger partial charge is 0.272 e. The Hall–Kier alpha value is -1.93. The van der Waals surface area contributed by atoms with Crippen molar-refractivity contribution < 1.29 is 23.0 Å². The van der Waals surface area contributed by atoms with Crippen LogP contribution in [0.25, 0.3) is 0 Å². The Morgan fingerprint density at radius 1 is 1.37 bits per heavy atom. The Bertz CT molecular complexity index is 567. The SMILES string of the molecule is CN=C(NCCCOCC1CCOC1)NCc1cccc(OCC(F)F)c1. The van der Waals surface area contributed by atoms with Gasteiger partial charge in [-0.15, -0.1) is 0 Å². The summed E-state index contributed by atoms with van der Waals surface area (Å²) in [7, 11) is 1.70.